The Hall–Kier alpha value is -2.58. The SMILES string of the molecule is CSc1ccccc1C=Nc1ccccc1C(C)(C)C/C=C/c1ccccc1. The molecule has 0 aliphatic carbocycles. The van der Waals surface area contributed by atoms with Gasteiger partial charge in [0.25, 0.3) is 0 Å². The molecule has 0 amide bonds. The van der Waals surface area contributed by atoms with Crippen LogP contribution in [0.1, 0.15) is 37.0 Å². The highest BCUT2D eigenvalue weighted by Crippen LogP contribution is 2.35. The van der Waals surface area contributed by atoms with Gasteiger partial charge in [-0.25, -0.2) is 0 Å². The first-order chi connectivity index (χ1) is 13.6. The zero-order chi connectivity index (χ0) is 19.8. The molecule has 3 aromatic carbocycles. The Morgan fingerprint density at radius 1 is 0.857 bits per heavy atom. The second kappa shape index (κ2) is 9.57. The van der Waals surface area contributed by atoms with Gasteiger partial charge in [0.05, 0.1) is 5.69 Å². The normalized spacial score (nSPS) is 12.1. The smallest absolute Gasteiger partial charge is 0.0667 e. The lowest BCUT2D eigenvalue weighted by atomic mass is 9.80. The molecule has 28 heavy (non-hydrogen) atoms. The molecule has 0 bridgehead atoms. The Balaban J connectivity index is 1.82. The van der Waals surface area contributed by atoms with Crippen LogP contribution < -0.4 is 0 Å². The van der Waals surface area contributed by atoms with Crippen LogP contribution in [0.4, 0.5) is 5.69 Å². The molecule has 1 nitrogen and oxygen atoms in total. The molecule has 2 heteroatoms. The van der Waals surface area contributed by atoms with Crippen LogP contribution in [-0.2, 0) is 5.41 Å². The van der Waals surface area contributed by atoms with E-state index in [0.717, 1.165) is 17.7 Å². The first kappa shape index (κ1) is 20.2. The summed E-state index contributed by atoms with van der Waals surface area (Å²) in [7, 11) is 0. The molecule has 0 aliphatic rings. The van der Waals surface area contributed by atoms with Gasteiger partial charge in [-0.3, -0.25) is 4.99 Å². The van der Waals surface area contributed by atoms with E-state index in [-0.39, 0.29) is 5.41 Å². The summed E-state index contributed by atoms with van der Waals surface area (Å²) < 4.78 is 0. The van der Waals surface area contributed by atoms with E-state index in [4.69, 9.17) is 4.99 Å². The van der Waals surface area contributed by atoms with Crippen LogP contribution in [0.5, 0.6) is 0 Å². The van der Waals surface area contributed by atoms with Crippen molar-refractivity contribution in [3.05, 3.63) is 102 Å². The molecule has 0 saturated heterocycles. The Morgan fingerprint density at radius 2 is 1.54 bits per heavy atom. The average molecular weight is 386 g/mol. The predicted octanol–water partition coefficient (Wildman–Crippen LogP) is 7.54. The van der Waals surface area contributed by atoms with E-state index >= 15 is 0 Å². The molecular formula is C26H27NS. The van der Waals surface area contributed by atoms with Gasteiger partial charge < -0.3 is 0 Å². The second-order valence-electron chi connectivity index (χ2n) is 7.42. The number of nitrogens with zero attached hydrogens (tertiary/aromatic N) is 1. The largest absolute Gasteiger partial charge is 0.256 e. The fourth-order valence-corrected chi connectivity index (χ4v) is 3.81. The molecule has 0 aromatic heterocycles. The summed E-state index contributed by atoms with van der Waals surface area (Å²) in [5.74, 6) is 0. The average Bonchev–Trinajstić information content (AvgIpc) is 2.73. The Bertz CT molecular complexity index is 955. The molecule has 0 heterocycles. The van der Waals surface area contributed by atoms with Crippen molar-refractivity contribution in [3.63, 3.8) is 0 Å². The van der Waals surface area contributed by atoms with Crippen molar-refractivity contribution >= 4 is 29.7 Å². The lowest BCUT2D eigenvalue weighted by molar-refractivity contribution is 0.536. The minimum atomic E-state index is -0.00175. The third-order valence-electron chi connectivity index (χ3n) is 4.85. The molecule has 0 fully saturated rings. The fourth-order valence-electron chi connectivity index (χ4n) is 3.23. The summed E-state index contributed by atoms with van der Waals surface area (Å²) in [6, 6.07) is 27.3. The van der Waals surface area contributed by atoms with E-state index in [9.17, 15) is 0 Å². The maximum atomic E-state index is 4.86. The summed E-state index contributed by atoms with van der Waals surface area (Å²) in [6.45, 7) is 4.57. The number of allylic oxidation sites excluding steroid dienone is 1. The third-order valence-corrected chi connectivity index (χ3v) is 5.66. The molecular weight excluding hydrogens is 358 g/mol. The van der Waals surface area contributed by atoms with Crippen molar-refractivity contribution in [2.24, 2.45) is 4.99 Å². The van der Waals surface area contributed by atoms with Crippen molar-refractivity contribution in [3.8, 4) is 0 Å². The van der Waals surface area contributed by atoms with Crippen LogP contribution in [0.2, 0.25) is 0 Å². The minimum Gasteiger partial charge on any atom is -0.256 e. The third kappa shape index (κ3) is 5.24. The number of aliphatic imine (C=N–C) groups is 1. The topological polar surface area (TPSA) is 12.4 Å². The molecule has 3 aromatic rings. The van der Waals surface area contributed by atoms with Crippen LogP contribution in [0.15, 0.2) is 94.8 Å². The number of hydrogen-bond donors (Lipinski definition) is 0. The van der Waals surface area contributed by atoms with E-state index in [0.29, 0.717) is 0 Å². The fraction of sp³-hybridized carbons (Fsp3) is 0.192. The maximum Gasteiger partial charge on any atom is 0.0667 e. The molecule has 3 rings (SSSR count). The van der Waals surface area contributed by atoms with Gasteiger partial charge in [-0.15, -0.1) is 11.8 Å². The Kier molecular flexibility index (Phi) is 6.89. The molecule has 0 radical (unpaired) electrons. The lowest BCUT2D eigenvalue weighted by Crippen LogP contribution is -2.16. The van der Waals surface area contributed by atoms with Crippen molar-refractivity contribution in [1.82, 2.24) is 0 Å². The van der Waals surface area contributed by atoms with Crippen LogP contribution >= 0.6 is 11.8 Å². The lowest BCUT2D eigenvalue weighted by Gasteiger charge is -2.25. The minimum absolute atomic E-state index is 0.00175. The van der Waals surface area contributed by atoms with Gasteiger partial charge in [-0.05, 0) is 41.4 Å². The van der Waals surface area contributed by atoms with Crippen LogP contribution in [0.3, 0.4) is 0 Å². The summed E-state index contributed by atoms with van der Waals surface area (Å²) in [5, 5.41) is 0. The van der Waals surface area contributed by atoms with Gasteiger partial charge in [0.1, 0.15) is 0 Å². The highest BCUT2D eigenvalue weighted by Gasteiger charge is 2.21. The number of rotatable bonds is 7. The van der Waals surface area contributed by atoms with Crippen LogP contribution in [0.25, 0.3) is 6.08 Å². The monoisotopic (exact) mass is 385 g/mol. The zero-order valence-corrected chi connectivity index (χ0v) is 17.6. The molecule has 142 valence electrons. The summed E-state index contributed by atoms with van der Waals surface area (Å²) >= 11 is 1.75. The molecule has 0 unspecified atom stereocenters. The van der Waals surface area contributed by atoms with E-state index in [1.54, 1.807) is 11.8 Å². The number of thioether (sulfide) groups is 1. The highest BCUT2D eigenvalue weighted by molar-refractivity contribution is 7.98. The van der Waals surface area contributed by atoms with E-state index in [1.165, 1.54) is 16.0 Å². The van der Waals surface area contributed by atoms with Gasteiger partial charge in [-0.2, -0.15) is 0 Å². The first-order valence-corrected chi connectivity index (χ1v) is 10.8. The van der Waals surface area contributed by atoms with E-state index in [2.05, 4.69) is 105 Å². The van der Waals surface area contributed by atoms with Gasteiger partial charge in [0, 0.05) is 16.7 Å². The van der Waals surface area contributed by atoms with Crippen molar-refractivity contribution in [2.75, 3.05) is 6.26 Å². The summed E-state index contributed by atoms with van der Waals surface area (Å²) in [5.41, 5.74) is 4.70. The van der Waals surface area contributed by atoms with Gasteiger partial charge in [0.15, 0.2) is 0 Å². The summed E-state index contributed by atoms with van der Waals surface area (Å²) in [6.07, 6.45) is 9.50. The Labute approximate surface area is 173 Å². The molecule has 0 N–H and O–H groups in total. The number of hydrogen-bond acceptors (Lipinski definition) is 2. The standard InChI is InChI=1S/C26H27NS/c1-26(2,19-11-14-21-12-5-4-6-13-21)23-16-8-9-17-24(23)27-20-22-15-7-10-18-25(22)28-3/h4-18,20H,19H2,1-3H3/b14-11+,27-20?. The van der Waals surface area contributed by atoms with Crippen LogP contribution in [0, 0.1) is 0 Å². The highest BCUT2D eigenvalue weighted by atomic mass is 32.2. The van der Waals surface area contributed by atoms with Gasteiger partial charge in [0.2, 0.25) is 0 Å². The molecule has 0 aliphatic heterocycles. The first-order valence-electron chi connectivity index (χ1n) is 9.58. The maximum absolute atomic E-state index is 4.86. The van der Waals surface area contributed by atoms with Crippen molar-refractivity contribution in [2.45, 2.75) is 30.6 Å². The van der Waals surface area contributed by atoms with E-state index < -0.39 is 0 Å². The van der Waals surface area contributed by atoms with E-state index in [1.807, 2.05) is 12.3 Å². The second-order valence-corrected chi connectivity index (χ2v) is 8.27. The van der Waals surface area contributed by atoms with Gasteiger partial charge >= 0.3 is 0 Å². The predicted molar refractivity (Wildman–Crippen MR) is 125 cm³/mol. The number of para-hydroxylation sites is 1. The Morgan fingerprint density at radius 3 is 2.32 bits per heavy atom. The molecule has 0 spiro atoms. The summed E-state index contributed by atoms with van der Waals surface area (Å²) in [4.78, 5) is 6.10. The zero-order valence-electron chi connectivity index (χ0n) is 16.8. The quantitative estimate of drug-likeness (QED) is 0.302. The van der Waals surface area contributed by atoms with Crippen molar-refractivity contribution in [1.29, 1.82) is 0 Å². The van der Waals surface area contributed by atoms with Crippen LogP contribution in [-0.4, -0.2) is 12.5 Å². The van der Waals surface area contributed by atoms with Gasteiger partial charge in [-0.1, -0.05) is 92.7 Å². The molecule has 0 atom stereocenters. The number of benzene rings is 3. The molecule has 0 saturated carbocycles. The van der Waals surface area contributed by atoms with Crippen molar-refractivity contribution < 1.29 is 0 Å².